The first-order valence-corrected chi connectivity index (χ1v) is 5.13. The van der Waals surface area contributed by atoms with Crippen molar-refractivity contribution in [1.29, 1.82) is 0 Å². The Morgan fingerprint density at radius 3 is 2.64 bits per heavy atom. The molecule has 14 heavy (non-hydrogen) atoms. The van der Waals surface area contributed by atoms with Gasteiger partial charge in [-0.2, -0.15) is 0 Å². The fourth-order valence-electron chi connectivity index (χ4n) is 1.32. The van der Waals surface area contributed by atoms with Gasteiger partial charge in [0.25, 0.3) is 0 Å². The number of aryl methyl sites for hydroxylation is 1. The van der Waals surface area contributed by atoms with Gasteiger partial charge in [-0.3, -0.25) is 0 Å². The fraction of sp³-hybridized carbons (Fsp3) is 0.455. The molecule has 2 nitrogen and oxygen atoms in total. The minimum absolute atomic E-state index is 0.212. The van der Waals surface area contributed by atoms with Gasteiger partial charge in [-0.25, -0.2) is 0 Å². The minimum Gasteiger partial charge on any atom is -0.387 e. The normalized spacial score (nSPS) is 15.2. The topological polar surface area (TPSA) is 46.2 Å². The number of benzene rings is 1. The second-order valence-electron chi connectivity index (χ2n) is 3.53. The Kier molecular flexibility index (Phi) is 3.93. The maximum atomic E-state index is 9.84. The lowest BCUT2D eigenvalue weighted by atomic mass is 10.00. The molecular weight excluding hydrogens is 198 g/mol. The zero-order chi connectivity index (χ0) is 10.7. The molecule has 0 fully saturated rings. The zero-order valence-electron chi connectivity index (χ0n) is 8.50. The standard InChI is InChI=1S/C11H16ClNO/c1-3-10(13)11(14)8-4-5-9(12)7(2)6-8/h4-6,10-11,14H,3,13H2,1-2H3. The zero-order valence-corrected chi connectivity index (χ0v) is 9.25. The van der Waals surface area contributed by atoms with Crippen LogP contribution in [-0.2, 0) is 0 Å². The van der Waals surface area contributed by atoms with Crippen molar-refractivity contribution in [2.75, 3.05) is 0 Å². The van der Waals surface area contributed by atoms with Gasteiger partial charge in [0.2, 0.25) is 0 Å². The van der Waals surface area contributed by atoms with E-state index in [9.17, 15) is 5.11 Å². The second kappa shape index (κ2) is 4.78. The Morgan fingerprint density at radius 1 is 1.50 bits per heavy atom. The summed E-state index contributed by atoms with van der Waals surface area (Å²) < 4.78 is 0. The third-order valence-electron chi connectivity index (χ3n) is 2.40. The van der Waals surface area contributed by atoms with Crippen LogP contribution in [0.3, 0.4) is 0 Å². The molecule has 0 aromatic heterocycles. The number of hydrogen-bond acceptors (Lipinski definition) is 2. The van der Waals surface area contributed by atoms with Crippen molar-refractivity contribution in [3.8, 4) is 0 Å². The number of aliphatic hydroxyl groups excluding tert-OH is 1. The van der Waals surface area contributed by atoms with Crippen LogP contribution in [0.1, 0.15) is 30.6 Å². The van der Waals surface area contributed by atoms with Gasteiger partial charge in [0, 0.05) is 11.1 Å². The summed E-state index contributed by atoms with van der Waals surface area (Å²) in [7, 11) is 0. The van der Waals surface area contributed by atoms with E-state index in [2.05, 4.69) is 0 Å². The van der Waals surface area contributed by atoms with Gasteiger partial charge in [-0.15, -0.1) is 0 Å². The van der Waals surface area contributed by atoms with Crippen molar-refractivity contribution < 1.29 is 5.11 Å². The van der Waals surface area contributed by atoms with E-state index in [1.807, 2.05) is 26.0 Å². The molecule has 1 aromatic carbocycles. The van der Waals surface area contributed by atoms with E-state index in [1.165, 1.54) is 0 Å². The van der Waals surface area contributed by atoms with Crippen molar-refractivity contribution in [1.82, 2.24) is 0 Å². The highest BCUT2D eigenvalue weighted by Crippen LogP contribution is 2.22. The lowest BCUT2D eigenvalue weighted by molar-refractivity contribution is 0.144. The third kappa shape index (κ3) is 2.47. The molecule has 78 valence electrons. The second-order valence-corrected chi connectivity index (χ2v) is 3.93. The molecule has 0 saturated carbocycles. The van der Waals surface area contributed by atoms with Gasteiger partial charge in [0.15, 0.2) is 0 Å². The Bertz CT molecular complexity index is 314. The van der Waals surface area contributed by atoms with Crippen LogP contribution in [0.2, 0.25) is 5.02 Å². The van der Waals surface area contributed by atoms with E-state index in [4.69, 9.17) is 17.3 Å². The van der Waals surface area contributed by atoms with E-state index in [0.29, 0.717) is 5.02 Å². The average Bonchev–Trinajstić information content (AvgIpc) is 2.20. The van der Waals surface area contributed by atoms with Gasteiger partial charge >= 0.3 is 0 Å². The minimum atomic E-state index is -0.601. The van der Waals surface area contributed by atoms with E-state index >= 15 is 0 Å². The van der Waals surface area contributed by atoms with Gasteiger partial charge in [0.1, 0.15) is 0 Å². The molecule has 0 aliphatic heterocycles. The largest absolute Gasteiger partial charge is 0.387 e. The Morgan fingerprint density at radius 2 is 2.14 bits per heavy atom. The molecule has 0 radical (unpaired) electrons. The van der Waals surface area contributed by atoms with E-state index in [0.717, 1.165) is 17.5 Å². The van der Waals surface area contributed by atoms with Crippen LogP contribution < -0.4 is 5.73 Å². The number of aliphatic hydroxyl groups is 1. The highest BCUT2D eigenvalue weighted by Gasteiger charge is 2.15. The van der Waals surface area contributed by atoms with Crippen LogP contribution in [0.5, 0.6) is 0 Å². The summed E-state index contributed by atoms with van der Waals surface area (Å²) in [5.74, 6) is 0. The van der Waals surface area contributed by atoms with Gasteiger partial charge in [0.05, 0.1) is 6.10 Å². The summed E-state index contributed by atoms with van der Waals surface area (Å²) in [6.45, 7) is 3.87. The predicted molar refractivity (Wildman–Crippen MR) is 59.4 cm³/mol. The fourth-order valence-corrected chi connectivity index (χ4v) is 1.44. The van der Waals surface area contributed by atoms with Crippen molar-refractivity contribution in [2.24, 2.45) is 5.73 Å². The van der Waals surface area contributed by atoms with Crippen LogP contribution in [-0.4, -0.2) is 11.1 Å². The van der Waals surface area contributed by atoms with E-state index < -0.39 is 6.10 Å². The average molecular weight is 214 g/mol. The molecule has 0 aliphatic rings. The first kappa shape index (κ1) is 11.5. The molecule has 0 heterocycles. The molecule has 1 aromatic rings. The van der Waals surface area contributed by atoms with Crippen LogP contribution in [0.25, 0.3) is 0 Å². The Hall–Kier alpha value is -0.570. The third-order valence-corrected chi connectivity index (χ3v) is 2.82. The molecular formula is C11H16ClNO. The molecule has 3 N–H and O–H groups in total. The molecule has 0 spiro atoms. The van der Waals surface area contributed by atoms with Gasteiger partial charge in [-0.05, 0) is 30.5 Å². The van der Waals surface area contributed by atoms with Crippen LogP contribution in [0.15, 0.2) is 18.2 Å². The first-order valence-electron chi connectivity index (χ1n) is 4.76. The lowest BCUT2D eigenvalue weighted by Gasteiger charge is -2.18. The van der Waals surface area contributed by atoms with Crippen molar-refractivity contribution in [2.45, 2.75) is 32.4 Å². The van der Waals surface area contributed by atoms with Gasteiger partial charge in [-0.1, -0.05) is 30.7 Å². The van der Waals surface area contributed by atoms with Crippen molar-refractivity contribution in [3.63, 3.8) is 0 Å². The van der Waals surface area contributed by atoms with E-state index in [1.54, 1.807) is 6.07 Å². The molecule has 0 amide bonds. The van der Waals surface area contributed by atoms with Crippen LogP contribution in [0.4, 0.5) is 0 Å². The van der Waals surface area contributed by atoms with Crippen LogP contribution >= 0.6 is 11.6 Å². The van der Waals surface area contributed by atoms with Crippen LogP contribution in [0, 0.1) is 6.92 Å². The molecule has 0 aliphatic carbocycles. The molecule has 2 unspecified atom stereocenters. The molecule has 2 atom stereocenters. The van der Waals surface area contributed by atoms with Gasteiger partial charge < -0.3 is 10.8 Å². The monoisotopic (exact) mass is 213 g/mol. The predicted octanol–water partition coefficient (Wildman–Crippen LogP) is 2.42. The summed E-state index contributed by atoms with van der Waals surface area (Å²) in [5.41, 5.74) is 7.55. The summed E-state index contributed by atoms with van der Waals surface area (Å²) in [5, 5.41) is 10.6. The quantitative estimate of drug-likeness (QED) is 0.810. The molecule has 0 saturated heterocycles. The molecule has 1 rings (SSSR count). The number of halogens is 1. The Labute approximate surface area is 89.7 Å². The number of nitrogens with two attached hydrogens (primary N) is 1. The van der Waals surface area contributed by atoms with Crippen molar-refractivity contribution in [3.05, 3.63) is 34.3 Å². The summed E-state index contributed by atoms with van der Waals surface area (Å²) in [4.78, 5) is 0. The summed E-state index contributed by atoms with van der Waals surface area (Å²) >= 11 is 5.89. The lowest BCUT2D eigenvalue weighted by Crippen LogP contribution is -2.27. The summed E-state index contributed by atoms with van der Waals surface area (Å²) in [6.07, 6.45) is 0.152. The molecule has 0 bridgehead atoms. The number of rotatable bonds is 3. The van der Waals surface area contributed by atoms with E-state index in [-0.39, 0.29) is 6.04 Å². The SMILES string of the molecule is CCC(N)C(O)c1ccc(Cl)c(C)c1. The molecule has 3 heteroatoms. The Balaban J connectivity index is 2.91. The number of hydrogen-bond donors (Lipinski definition) is 2. The van der Waals surface area contributed by atoms with Crippen molar-refractivity contribution >= 4 is 11.6 Å². The maximum Gasteiger partial charge on any atom is 0.0940 e. The summed E-state index contributed by atoms with van der Waals surface area (Å²) in [6, 6.07) is 5.27. The highest BCUT2D eigenvalue weighted by atomic mass is 35.5. The maximum absolute atomic E-state index is 9.84. The first-order chi connectivity index (χ1) is 6.56. The smallest absolute Gasteiger partial charge is 0.0940 e. The highest BCUT2D eigenvalue weighted by molar-refractivity contribution is 6.31.